The highest BCUT2D eigenvalue weighted by Crippen LogP contribution is 2.30. The minimum Gasteiger partial charge on any atom is -0.465 e. The van der Waals surface area contributed by atoms with E-state index in [1.807, 2.05) is 30.3 Å². The molecule has 4 heteroatoms. The molecule has 2 heterocycles. The second-order valence-electron chi connectivity index (χ2n) is 9.88. The number of anilines is 1. The lowest BCUT2D eigenvalue weighted by Crippen LogP contribution is -2.13. The third-order valence-corrected chi connectivity index (χ3v) is 7.35. The van der Waals surface area contributed by atoms with Crippen molar-refractivity contribution in [2.45, 2.75) is 58.3 Å². The SMILES string of the molecule is CC[C@H]1C=COC(c2ccc3cnc(NC(=O)c4cccc(CCCC5CCCC5)c4)cc3c2)=C1. The minimum absolute atomic E-state index is 0.125. The van der Waals surface area contributed by atoms with Crippen LogP contribution in [0.2, 0.25) is 0 Å². The number of hydrogen-bond donors (Lipinski definition) is 1. The Bertz CT molecular complexity index is 1250. The molecule has 1 atom stereocenters. The average molecular weight is 467 g/mol. The number of ether oxygens (including phenoxy) is 1. The first-order valence-corrected chi connectivity index (χ1v) is 13.0. The molecule has 3 aromatic rings. The predicted molar refractivity (Wildman–Crippen MR) is 143 cm³/mol. The van der Waals surface area contributed by atoms with E-state index in [1.54, 1.807) is 12.5 Å². The van der Waals surface area contributed by atoms with Crippen LogP contribution < -0.4 is 5.32 Å². The molecule has 180 valence electrons. The monoisotopic (exact) mass is 466 g/mol. The van der Waals surface area contributed by atoms with Gasteiger partial charge in [-0.2, -0.15) is 0 Å². The van der Waals surface area contributed by atoms with Crippen LogP contribution in [0.4, 0.5) is 5.82 Å². The van der Waals surface area contributed by atoms with Crippen molar-refractivity contribution in [2.24, 2.45) is 11.8 Å². The summed E-state index contributed by atoms with van der Waals surface area (Å²) in [6.45, 7) is 2.17. The first kappa shape index (κ1) is 23.3. The van der Waals surface area contributed by atoms with Crippen molar-refractivity contribution in [3.63, 3.8) is 0 Å². The van der Waals surface area contributed by atoms with Gasteiger partial charge in [0.2, 0.25) is 0 Å². The summed E-state index contributed by atoms with van der Waals surface area (Å²) in [4.78, 5) is 17.4. The van der Waals surface area contributed by atoms with Gasteiger partial charge in [0.1, 0.15) is 11.6 Å². The minimum atomic E-state index is -0.125. The first-order valence-electron chi connectivity index (χ1n) is 13.0. The molecule has 0 radical (unpaired) electrons. The maximum absolute atomic E-state index is 13.0. The molecule has 5 rings (SSSR count). The van der Waals surface area contributed by atoms with Crippen LogP contribution in [-0.2, 0) is 11.2 Å². The third kappa shape index (κ3) is 5.82. The lowest BCUT2D eigenvalue weighted by Gasteiger charge is -2.16. The van der Waals surface area contributed by atoms with E-state index >= 15 is 0 Å². The molecular weight excluding hydrogens is 432 g/mol. The standard InChI is InChI=1S/C31H34N2O2/c1-2-22-15-16-35-29(18-22)25-13-14-27-21-32-30(20-28(27)19-25)33-31(34)26-12-6-11-24(17-26)10-5-9-23-7-3-4-8-23/h6,11-23H,2-5,7-10H2,1H3,(H,32,33,34)/t22-/m0/s1. The van der Waals surface area contributed by atoms with Crippen LogP contribution >= 0.6 is 0 Å². The van der Waals surface area contributed by atoms with E-state index in [0.29, 0.717) is 17.3 Å². The summed E-state index contributed by atoms with van der Waals surface area (Å²) in [6, 6.07) is 16.1. The average Bonchev–Trinajstić information content (AvgIpc) is 3.42. The van der Waals surface area contributed by atoms with E-state index in [4.69, 9.17) is 4.74 Å². The molecule has 4 nitrogen and oxygen atoms in total. The molecule has 1 fully saturated rings. The lowest BCUT2D eigenvalue weighted by molar-refractivity contribution is 0.102. The van der Waals surface area contributed by atoms with Crippen LogP contribution in [0.3, 0.4) is 0 Å². The van der Waals surface area contributed by atoms with Crippen molar-refractivity contribution in [3.05, 3.63) is 89.8 Å². The van der Waals surface area contributed by atoms with E-state index in [0.717, 1.165) is 40.9 Å². The molecule has 35 heavy (non-hydrogen) atoms. The number of aryl methyl sites for hydroxylation is 1. The van der Waals surface area contributed by atoms with Gasteiger partial charge in [-0.15, -0.1) is 0 Å². The first-order chi connectivity index (χ1) is 17.2. The Morgan fingerprint density at radius 2 is 1.97 bits per heavy atom. The number of amides is 1. The van der Waals surface area contributed by atoms with Crippen molar-refractivity contribution in [2.75, 3.05) is 5.32 Å². The fourth-order valence-corrected chi connectivity index (χ4v) is 5.23. The topological polar surface area (TPSA) is 51.2 Å². The number of nitrogens with zero attached hydrogens (tertiary/aromatic N) is 1. The maximum Gasteiger partial charge on any atom is 0.256 e. The predicted octanol–water partition coefficient (Wildman–Crippen LogP) is 7.91. The summed E-state index contributed by atoms with van der Waals surface area (Å²) in [7, 11) is 0. The smallest absolute Gasteiger partial charge is 0.256 e. The van der Waals surface area contributed by atoms with Crippen molar-refractivity contribution in [1.82, 2.24) is 4.98 Å². The van der Waals surface area contributed by atoms with Gasteiger partial charge in [0, 0.05) is 28.6 Å². The lowest BCUT2D eigenvalue weighted by atomic mass is 9.97. The van der Waals surface area contributed by atoms with Gasteiger partial charge >= 0.3 is 0 Å². The zero-order valence-electron chi connectivity index (χ0n) is 20.5. The van der Waals surface area contributed by atoms with E-state index in [1.165, 1.54) is 44.1 Å². The molecule has 0 bridgehead atoms. The van der Waals surface area contributed by atoms with Crippen LogP contribution in [0, 0.1) is 11.8 Å². The number of rotatable bonds is 8. The number of pyridine rings is 1. The van der Waals surface area contributed by atoms with Gasteiger partial charge in [0.15, 0.2) is 0 Å². The summed E-state index contributed by atoms with van der Waals surface area (Å²) in [5.41, 5.74) is 2.93. The third-order valence-electron chi connectivity index (χ3n) is 7.35. The Morgan fingerprint density at radius 1 is 1.09 bits per heavy atom. The van der Waals surface area contributed by atoms with E-state index in [9.17, 15) is 4.79 Å². The number of carbonyl (C=O) groups is 1. The number of carbonyl (C=O) groups excluding carboxylic acids is 1. The van der Waals surface area contributed by atoms with Crippen molar-refractivity contribution >= 4 is 28.3 Å². The van der Waals surface area contributed by atoms with Crippen LogP contribution in [0.25, 0.3) is 16.5 Å². The maximum atomic E-state index is 13.0. The fourth-order valence-electron chi connectivity index (χ4n) is 5.23. The van der Waals surface area contributed by atoms with E-state index in [-0.39, 0.29) is 5.91 Å². The molecule has 1 saturated carbocycles. The molecule has 0 saturated heterocycles. The van der Waals surface area contributed by atoms with E-state index < -0.39 is 0 Å². The molecule has 0 spiro atoms. The molecule has 1 amide bonds. The summed E-state index contributed by atoms with van der Waals surface area (Å²) >= 11 is 0. The second-order valence-corrected chi connectivity index (χ2v) is 9.88. The summed E-state index contributed by atoms with van der Waals surface area (Å²) in [5, 5.41) is 5.02. The number of aromatic nitrogens is 1. The fraction of sp³-hybridized carbons (Fsp3) is 0.355. The van der Waals surface area contributed by atoms with Gasteiger partial charge in [0.25, 0.3) is 5.91 Å². The highest BCUT2D eigenvalue weighted by molar-refractivity contribution is 6.04. The molecular formula is C31H34N2O2. The molecule has 2 aliphatic rings. The van der Waals surface area contributed by atoms with Crippen LogP contribution in [0.15, 0.2) is 73.1 Å². The van der Waals surface area contributed by atoms with Crippen LogP contribution in [-0.4, -0.2) is 10.9 Å². The number of fused-ring (bicyclic) bond motifs is 1. The zero-order valence-corrected chi connectivity index (χ0v) is 20.5. The van der Waals surface area contributed by atoms with Gasteiger partial charge in [-0.3, -0.25) is 4.79 Å². The van der Waals surface area contributed by atoms with Crippen molar-refractivity contribution < 1.29 is 9.53 Å². The molecule has 1 aliphatic heterocycles. The molecule has 1 N–H and O–H groups in total. The Hall–Kier alpha value is -3.40. The van der Waals surface area contributed by atoms with Gasteiger partial charge in [-0.1, -0.05) is 63.3 Å². The largest absolute Gasteiger partial charge is 0.465 e. The molecule has 1 aliphatic carbocycles. The second kappa shape index (κ2) is 10.9. The molecule has 2 aromatic carbocycles. The summed E-state index contributed by atoms with van der Waals surface area (Å²) in [5.74, 6) is 2.59. The number of benzene rings is 2. The summed E-state index contributed by atoms with van der Waals surface area (Å²) in [6.07, 6.45) is 18.0. The summed E-state index contributed by atoms with van der Waals surface area (Å²) < 4.78 is 5.76. The zero-order chi connectivity index (χ0) is 24.0. The number of nitrogens with one attached hydrogen (secondary N) is 1. The number of hydrogen-bond acceptors (Lipinski definition) is 3. The van der Waals surface area contributed by atoms with Gasteiger partial charge in [-0.05, 0) is 72.5 Å². The quantitative estimate of drug-likeness (QED) is 0.367. The molecule has 0 unspecified atom stereocenters. The Labute approximate surface area is 208 Å². The van der Waals surface area contributed by atoms with Gasteiger partial charge in [-0.25, -0.2) is 4.98 Å². The molecule has 1 aromatic heterocycles. The van der Waals surface area contributed by atoms with Crippen LogP contribution in [0.5, 0.6) is 0 Å². The highest BCUT2D eigenvalue weighted by Gasteiger charge is 2.15. The van der Waals surface area contributed by atoms with Gasteiger partial charge < -0.3 is 10.1 Å². The Kier molecular flexibility index (Phi) is 7.27. The van der Waals surface area contributed by atoms with Gasteiger partial charge in [0.05, 0.1) is 6.26 Å². The Morgan fingerprint density at radius 3 is 2.83 bits per heavy atom. The van der Waals surface area contributed by atoms with Crippen LogP contribution in [0.1, 0.15) is 73.4 Å². The van der Waals surface area contributed by atoms with Crippen molar-refractivity contribution in [3.8, 4) is 0 Å². The highest BCUT2D eigenvalue weighted by atomic mass is 16.5. The number of allylic oxidation sites excluding steroid dienone is 2. The Balaban J connectivity index is 1.26. The van der Waals surface area contributed by atoms with Crippen molar-refractivity contribution in [1.29, 1.82) is 0 Å². The normalized spacial score (nSPS) is 17.9. The van der Waals surface area contributed by atoms with E-state index in [2.05, 4.69) is 47.6 Å².